The molecule has 6 aromatic carbocycles. The Balaban J connectivity index is 0.00000353. The van der Waals surface area contributed by atoms with Crippen LogP contribution in [0.15, 0.2) is 182 Å². The second-order valence-corrected chi connectivity index (χ2v) is 17.2. The predicted molar refractivity (Wildman–Crippen MR) is 184 cm³/mol. The van der Waals surface area contributed by atoms with E-state index < -0.39 is 14.5 Å². The third-order valence-electron chi connectivity index (χ3n) is 7.95. The molecule has 0 unspecified atom stereocenters. The van der Waals surface area contributed by atoms with Crippen molar-refractivity contribution >= 4 is 46.4 Å². The number of hydrogen-bond donors (Lipinski definition) is 0. The first-order valence-electron chi connectivity index (χ1n) is 14.3. The summed E-state index contributed by atoms with van der Waals surface area (Å²) in [6.07, 6.45) is 4.77. The Labute approximate surface area is 262 Å². The summed E-state index contributed by atoms with van der Waals surface area (Å²) in [5.74, 6) is 0. The smallest absolute Gasteiger partial charge is 0.109 e. The molecule has 0 N–H and O–H groups in total. The Morgan fingerprint density at radius 2 is 0.571 bits per heavy atom. The van der Waals surface area contributed by atoms with Crippen LogP contribution in [0.2, 0.25) is 0 Å². The summed E-state index contributed by atoms with van der Waals surface area (Å²) in [5.41, 5.74) is 0. The molecule has 0 spiro atoms. The van der Waals surface area contributed by atoms with Crippen molar-refractivity contribution < 1.29 is 16.5 Å². The van der Waals surface area contributed by atoms with Gasteiger partial charge in [0.1, 0.15) is 23.2 Å². The Hall–Kier alpha value is -3.33. The van der Waals surface area contributed by atoms with Gasteiger partial charge in [0, 0.05) is 22.7 Å². The molecule has 0 atom stereocenters. The molecule has 0 saturated heterocycles. The van der Waals surface area contributed by atoms with Gasteiger partial charge < -0.3 is 0 Å². The summed E-state index contributed by atoms with van der Waals surface area (Å²) < 4.78 is 0. The van der Waals surface area contributed by atoms with Gasteiger partial charge >= 0.3 is 0 Å². The Bertz CT molecular complexity index is 1310. The van der Waals surface area contributed by atoms with E-state index in [0.29, 0.717) is 0 Å². The van der Waals surface area contributed by atoms with Crippen molar-refractivity contribution in [3.8, 4) is 0 Å². The van der Waals surface area contributed by atoms with Crippen molar-refractivity contribution in [2.45, 2.75) is 6.42 Å². The molecule has 0 fully saturated rings. The number of rotatable bonds is 10. The van der Waals surface area contributed by atoms with Crippen LogP contribution in [0.25, 0.3) is 0 Å². The van der Waals surface area contributed by atoms with Crippen LogP contribution >= 0.6 is 14.5 Å². The molecule has 210 valence electrons. The van der Waals surface area contributed by atoms with Gasteiger partial charge in [-0.2, -0.15) is 0 Å². The van der Waals surface area contributed by atoms with E-state index in [1.54, 1.807) is 0 Å². The Morgan fingerprint density at radius 3 is 0.833 bits per heavy atom. The SMILES string of the molecule is [Ni].c1ccc([P+]([CH-]CC[P+](c2ccccc2)(c2ccccc2)c2ccccc2)(c2ccccc2)c2ccccc2)cc1. The first-order chi connectivity index (χ1) is 20.3. The Morgan fingerprint density at radius 1 is 0.333 bits per heavy atom. The van der Waals surface area contributed by atoms with E-state index in [1.807, 2.05) is 0 Å². The molecule has 0 nitrogen and oxygen atoms in total. The minimum atomic E-state index is -2.02. The van der Waals surface area contributed by atoms with Gasteiger partial charge in [0.25, 0.3) is 0 Å². The van der Waals surface area contributed by atoms with Gasteiger partial charge in [-0.05, 0) is 80.1 Å². The molecule has 0 aliphatic carbocycles. The van der Waals surface area contributed by atoms with Gasteiger partial charge in [0.05, 0.1) is 15.9 Å². The monoisotopic (exact) mass is 623 g/mol. The summed E-state index contributed by atoms with van der Waals surface area (Å²) in [5, 5.41) is 8.53. The molecular formula is C39H35NiP2+. The van der Waals surface area contributed by atoms with Gasteiger partial charge in [-0.1, -0.05) is 109 Å². The van der Waals surface area contributed by atoms with Gasteiger partial charge in [0.15, 0.2) is 0 Å². The molecule has 6 rings (SSSR count). The predicted octanol–water partition coefficient (Wildman–Crippen LogP) is 7.52. The molecular weight excluding hydrogens is 589 g/mol. The van der Waals surface area contributed by atoms with E-state index in [4.69, 9.17) is 0 Å². The molecule has 0 aliphatic rings. The van der Waals surface area contributed by atoms with Gasteiger partial charge in [-0.25, -0.2) is 0 Å². The van der Waals surface area contributed by atoms with E-state index in [0.717, 1.165) is 12.6 Å². The second-order valence-electron chi connectivity index (χ2n) is 10.2. The van der Waals surface area contributed by atoms with E-state index in [1.165, 1.54) is 31.8 Å². The topological polar surface area (TPSA) is 0 Å². The third kappa shape index (κ3) is 5.94. The molecule has 0 amide bonds. The van der Waals surface area contributed by atoms with Crippen LogP contribution in [0.3, 0.4) is 0 Å². The van der Waals surface area contributed by atoms with Gasteiger partial charge in [-0.15, -0.1) is 12.6 Å². The first kappa shape index (κ1) is 30.1. The molecule has 0 aliphatic heterocycles. The standard InChI is InChI=1S/C39H35P2.Ni/c1-7-20-34(21-8-1)40(35-22-9-2-10-23-35,36-24-11-3-12-25-36)32-19-33-41(37-26-13-4-14-27-37,38-28-15-5-16-29-38)39-30-17-6-18-31-39;/h1-18,20-32H,19,33H2;/q+1;. The molecule has 0 saturated carbocycles. The van der Waals surface area contributed by atoms with Crippen LogP contribution in [-0.4, -0.2) is 6.16 Å². The van der Waals surface area contributed by atoms with Crippen molar-refractivity contribution in [3.63, 3.8) is 0 Å². The third-order valence-corrected chi connectivity index (χ3v) is 16.6. The summed E-state index contributed by atoms with van der Waals surface area (Å²) in [6.45, 7) is 0. The zero-order chi connectivity index (χ0) is 27.8. The van der Waals surface area contributed by atoms with Crippen LogP contribution in [0.5, 0.6) is 0 Å². The fourth-order valence-electron chi connectivity index (χ4n) is 6.08. The summed E-state index contributed by atoms with van der Waals surface area (Å²) in [7, 11) is -3.95. The largest absolute Gasteiger partial charge is 0.147 e. The average Bonchev–Trinajstić information content (AvgIpc) is 3.08. The van der Waals surface area contributed by atoms with E-state index in [9.17, 15) is 0 Å². The van der Waals surface area contributed by atoms with Crippen LogP contribution in [-0.2, 0) is 16.5 Å². The maximum atomic E-state index is 2.70. The average molecular weight is 624 g/mol. The molecule has 0 radical (unpaired) electrons. The fraction of sp³-hybridized carbons (Fsp3) is 0.0513. The summed E-state index contributed by atoms with van der Waals surface area (Å²) in [6, 6.07) is 67.3. The van der Waals surface area contributed by atoms with E-state index in [-0.39, 0.29) is 16.5 Å². The minimum absolute atomic E-state index is 0. The second kappa shape index (κ2) is 14.2. The molecule has 0 aromatic heterocycles. The van der Waals surface area contributed by atoms with Crippen molar-refractivity contribution in [2.24, 2.45) is 0 Å². The van der Waals surface area contributed by atoms with Crippen molar-refractivity contribution in [2.75, 3.05) is 6.16 Å². The Kier molecular flexibility index (Phi) is 10.2. The molecule has 0 bridgehead atoms. The maximum Gasteiger partial charge on any atom is 0.109 e. The number of benzene rings is 6. The van der Waals surface area contributed by atoms with Crippen LogP contribution < -0.4 is 31.8 Å². The summed E-state index contributed by atoms with van der Waals surface area (Å²) >= 11 is 0. The quantitative estimate of drug-likeness (QED) is 0.0841. The molecule has 0 heterocycles. The number of hydrogen-bond acceptors (Lipinski definition) is 0. The zero-order valence-electron chi connectivity index (χ0n) is 23.5. The zero-order valence-corrected chi connectivity index (χ0v) is 26.3. The normalized spacial score (nSPS) is 11.4. The fourth-order valence-corrected chi connectivity index (χ4v) is 14.5. The molecule has 6 aromatic rings. The van der Waals surface area contributed by atoms with Gasteiger partial charge in [0.2, 0.25) is 0 Å². The van der Waals surface area contributed by atoms with E-state index >= 15 is 0 Å². The van der Waals surface area contributed by atoms with Crippen LogP contribution in [0.4, 0.5) is 0 Å². The minimum Gasteiger partial charge on any atom is -0.147 e. The van der Waals surface area contributed by atoms with Gasteiger partial charge in [-0.3, -0.25) is 0 Å². The van der Waals surface area contributed by atoms with Crippen molar-refractivity contribution in [1.29, 1.82) is 0 Å². The maximum absolute atomic E-state index is 2.70. The summed E-state index contributed by atoms with van der Waals surface area (Å²) in [4.78, 5) is 0. The van der Waals surface area contributed by atoms with Crippen molar-refractivity contribution in [3.05, 3.63) is 188 Å². The molecule has 3 heteroatoms. The van der Waals surface area contributed by atoms with Crippen molar-refractivity contribution in [1.82, 2.24) is 0 Å². The first-order valence-corrected chi connectivity index (χ1v) is 18.1. The van der Waals surface area contributed by atoms with Crippen LogP contribution in [0, 0.1) is 6.16 Å². The molecule has 42 heavy (non-hydrogen) atoms. The van der Waals surface area contributed by atoms with E-state index in [2.05, 4.69) is 188 Å². The van der Waals surface area contributed by atoms with Crippen LogP contribution in [0.1, 0.15) is 6.42 Å².